The van der Waals surface area contributed by atoms with Gasteiger partial charge in [0.05, 0.1) is 12.2 Å². The lowest BCUT2D eigenvalue weighted by atomic mass is 9.71. The molecule has 0 aliphatic heterocycles. The molecule has 2 N–H and O–H groups in total. The van der Waals surface area contributed by atoms with Gasteiger partial charge in [-0.25, -0.2) is 0 Å². The molecule has 3 atom stereocenters. The first-order valence-electron chi connectivity index (χ1n) is 6.85. The van der Waals surface area contributed by atoms with Crippen molar-refractivity contribution >= 4 is 0 Å². The molecule has 102 valence electrons. The van der Waals surface area contributed by atoms with Gasteiger partial charge in [-0.3, -0.25) is 0 Å². The van der Waals surface area contributed by atoms with Crippen LogP contribution in [0, 0.1) is 11.3 Å². The van der Waals surface area contributed by atoms with Crippen LogP contribution in [0.4, 0.5) is 0 Å². The van der Waals surface area contributed by atoms with Crippen molar-refractivity contribution in [2.45, 2.75) is 58.7 Å². The van der Waals surface area contributed by atoms with Crippen LogP contribution < -0.4 is 0 Å². The second-order valence-electron chi connectivity index (χ2n) is 6.63. The molecule has 0 aromatic carbocycles. The van der Waals surface area contributed by atoms with Crippen LogP contribution in [-0.2, 0) is 0 Å². The van der Waals surface area contributed by atoms with Crippen LogP contribution in [-0.4, -0.2) is 47.5 Å². The summed E-state index contributed by atoms with van der Waals surface area (Å²) in [6, 6.07) is 0. The van der Waals surface area contributed by atoms with E-state index in [9.17, 15) is 10.2 Å². The quantitative estimate of drug-likeness (QED) is 0.775. The van der Waals surface area contributed by atoms with E-state index in [1.54, 1.807) is 0 Å². The first kappa shape index (κ1) is 14.9. The normalized spacial score (nSPS) is 30.5. The smallest absolute Gasteiger partial charge is 0.0581 e. The van der Waals surface area contributed by atoms with Crippen molar-refractivity contribution in [3.8, 4) is 0 Å². The van der Waals surface area contributed by atoms with Gasteiger partial charge in [0.1, 0.15) is 0 Å². The fraction of sp³-hybridized carbons (Fsp3) is 1.00. The molecular formula is C14H29NO2. The van der Waals surface area contributed by atoms with E-state index < -0.39 is 0 Å². The van der Waals surface area contributed by atoms with Crippen LogP contribution >= 0.6 is 0 Å². The second kappa shape index (κ2) is 6.17. The summed E-state index contributed by atoms with van der Waals surface area (Å²) < 4.78 is 0. The third kappa shape index (κ3) is 5.36. The zero-order valence-electron chi connectivity index (χ0n) is 11.8. The standard InChI is InChI=1S/C14H29NO2/c1-11(16)6-8-15(4)10-12-9-14(2,3)7-5-13(12)17/h11-13,16-17H,5-10H2,1-4H3. The van der Waals surface area contributed by atoms with Gasteiger partial charge in [-0.05, 0) is 51.0 Å². The molecule has 3 unspecified atom stereocenters. The maximum Gasteiger partial charge on any atom is 0.0581 e. The number of hydrogen-bond donors (Lipinski definition) is 2. The molecule has 1 fully saturated rings. The summed E-state index contributed by atoms with van der Waals surface area (Å²) >= 11 is 0. The van der Waals surface area contributed by atoms with Crippen molar-refractivity contribution in [2.75, 3.05) is 20.1 Å². The average molecular weight is 243 g/mol. The molecule has 1 aliphatic carbocycles. The number of aliphatic hydroxyl groups excluding tert-OH is 2. The molecule has 0 aromatic rings. The van der Waals surface area contributed by atoms with E-state index in [1.807, 2.05) is 6.92 Å². The van der Waals surface area contributed by atoms with Crippen molar-refractivity contribution in [1.29, 1.82) is 0 Å². The number of rotatable bonds is 5. The minimum Gasteiger partial charge on any atom is -0.393 e. The summed E-state index contributed by atoms with van der Waals surface area (Å²) in [7, 11) is 2.08. The molecule has 1 saturated carbocycles. The van der Waals surface area contributed by atoms with Crippen LogP contribution in [0.5, 0.6) is 0 Å². The number of hydrogen-bond acceptors (Lipinski definition) is 3. The molecular weight excluding hydrogens is 214 g/mol. The first-order chi connectivity index (χ1) is 7.80. The van der Waals surface area contributed by atoms with E-state index in [0.717, 1.165) is 38.8 Å². The highest BCUT2D eigenvalue weighted by Crippen LogP contribution is 2.38. The van der Waals surface area contributed by atoms with Gasteiger partial charge >= 0.3 is 0 Å². The average Bonchev–Trinajstić information content (AvgIpc) is 2.20. The Hall–Kier alpha value is -0.120. The Morgan fingerprint density at radius 1 is 1.41 bits per heavy atom. The molecule has 3 heteroatoms. The van der Waals surface area contributed by atoms with Crippen LogP contribution in [0.25, 0.3) is 0 Å². The Balaban J connectivity index is 2.38. The predicted molar refractivity (Wildman–Crippen MR) is 70.9 cm³/mol. The SMILES string of the molecule is CC(O)CCN(C)CC1CC(C)(C)CCC1O. The van der Waals surface area contributed by atoms with Gasteiger partial charge in [-0.2, -0.15) is 0 Å². The largest absolute Gasteiger partial charge is 0.393 e. The first-order valence-corrected chi connectivity index (χ1v) is 6.85. The van der Waals surface area contributed by atoms with E-state index in [4.69, 9.17) is 0 Å². The molecule has 0 aromatic heterocycles. The lowest BCUT2D eigenvalue weighted by molar-refractivity contribution is 0.00638. The zero-order chi connectivity index (χ0) is 13.1. The van der Waals surface area contributed by atoms with Crippen molar-refractivity contribution in [3.63, 3.8) is 0 Å². The number of aliphatic hydroxyl groups is 2. The van der Waals surface area contributed by atoms with E-state index >= 15 is 0 Å². The molecule has 0 heterocycles. The van der Waals surface area contributed by atoms with Gasteiger partial charge in [0.15, 0.2) is 0 Å². The summed E-state index contributed by atoms with van der Waals surface area (Å²) in [6.45, 7) is 8.26. The minimum absolute atomic E-state index is 0.142. The van der Waals surface area contributed by atoms with Crippen LogP contribution in [0.15, 0.2) is 0 Å². The summed E-state index contributed by atoms with van der Waals surface area (Å²) in [5.74, 6) is 0.387. The van der Waals surface area contributed by atoms with Gasteiger partial charge in [0.25, 0.3) is 0 Å². The van der Waals surface area contributed by atoms with Gasteiger partial charge in [0, 0.05) is 13.1 Å². The molecule has 0 spiro atoms. The molecule has 0 amide bonds. The molecule has 0 saturated heterocycles. The highest BCUT2D eigenvalue weighted by atomic mass is 16.3. The number of nitrogens with zero attached hydrogens (tertiary/aromatic N) is 1. The Kier molecular flexibility index (Phi) is 5.42. The van der Waals surface area contributed by atoms with Crippen molar-refractivity contribution < 1.29 is 10.2 Å². The fourth-order valence-corrected chi connectivity index (χ4v) is 2.81. The van der Waals surface area contributed by atoms with Gasteiger partial charge in [-0.15, -0.1) is 0 Å². The highest BCUT2D eigenvalue weighted by Gasteiger charge is 2.34. The molecule has 1 rings (SSSR count). The van der Waals surface area contributed by atoms with Gasteiger partial charge in [0.2, 0.25) is 0 Å². The maximum atomic E-state index is 10.1. The Morgan fingerprint density at radius 3 is 2.65 bits per heavy atom. The lowest BCUT2D eigenvalue weighted by Crippen LogP contribution is -2.40. The zero-order valence-corrected chi connectivity index (χ0v) is 11.8. The van der Waals surface area contributed by atoms with Crippen LogP contribution in [0.3, 0.4) is 0 Å². The topological polar surface area (TPSA) is 43.7 Å². The second-order valence-corrected chi connectivity index (χ2v) is 6.63. The van der Waals surface area contributed by atoms with Gasteiger partial charge in [-0.1, -0.05) is 13.8 Å². The summed E-state index contributed by atoms with van der Waals surface area (Å²) in [5.41, 5.74) is 0.370. The molecule has 0 bridgehead atoms. The van der Waals surface area contributed by atoms with Crippen molar-refractivity contribution in [3.05, 3.63) is 0 Å². The molecule has 0 radical (unpaired) electrons. The summed E-state index contributed by atoms with van der Waals surface area (Å²) in [4.78, 5) is 2.24. The molecule has 17 heavy (non-hydrogen) atoms. The van der Waals surface area contributed by atoms with Crippen LogP contribution in [0.2, 0.25) is 0 Å². The Labute approximate surface area is 106 Å². The van der Waals surface area contributed by atoms with Crippen molar-refractivity contribution in [1.82, 2.24) is 4.90 Å². The van der Waals surface area contributed by atoms with E-state index in [-0.39, 0.29) is 12.2 Å². The van der Waals surface area contributed by atoms with Crippen LogP contribution in [0.1, 0.15) is 46.5 Å². The van der Waals surface area contributed by atoms with Crippen molar-refractivity contribution in [2.24, 2.45) is 11.3 Å². The van der Waals surface area contributed by atoms with E-state index in [0.29, 0.717) is 11.3 Å². The Morgan fingerprint density at radius 2 is 2.06 bits per heavy atom. The minimum atomic E-state index is -0.231. The maximum absolute atomic E-state index is 10.1. The third-order valence-corrected chi connectivity index (χ3v) is 3.95. The monoisotopic (exact) mass is 243 g/mol. The third-order valence-electron chi connectivity index (χ3n) is 3.95. The highest BCUT2D eigenvalue weighted by molar-refractivity contribution is 4.86. The van der Waals surface area contributed by atoms with Gasteiger partial charge < -0.3 is 15.1 Å². The van der Waals surface area contributed by atoms with E-state index in [2.05, 4.69) is 25.8 Å². The van der Waals surface area contributed by atoms with E-state index in [1.165, 1.54) is 0 Å². The predicted octanol–water partition coefficient (Wildman–Crippen LogP) is 1.88. The Bertz CT molecular complexity index is 228. The fourth-order valence-electron chi connectivity index (χ4n) is 2.81. The lowest BCUT2D eigenvalue weighted by Gasteiger charge is -2.40. The summed E-state index contributed by atoms with van der Waals surface area (Å²) in [5, 5.41) is 19.3. The molecule has 1 aliphatic rings. The summed E-state index contributed by atoms with van der Waals surface area (Å²) in [6.07, 6.45) is 3.60. The molecule has 3 nitrogen and oxygen atoms in total.